The molecule has 5 nitrogen and oxygen atoms in total. The number of amides is 1. The van der Waals surface area contributed by atoms with Crippen LogP contribution < -0.4 is 5.32 Å². The van der Waals surface area contributed by atoms with Gasteiger partial charge in [-0.1, -0.05) is 17.8 Å². The molecule has 0 unspecified atom stereocenters. The van der Waals surface area contributed by atoms with E-state index >= 15 is 0 Å². The van der Waals surface area contributed by atoms with Gasteiger partial charge in [-0.05, 0) is 44.2 Å². The van der Waals surface area contributed by atoms with Crippen LogP contribution in [0.3, 0.4) is 0 Å². The van der Waals surface area contributed by atoms with E-state index in [1.165, 1.54) is 11.8 Å². The van der Waals surface area contributed by atoms with Gasteiger partial charge >= 0.3 is 0 Å². The highest BCUT2D eigenvalue weighted by Gasteiger charge is 2.10. The standard InChI is InChI=1S/C17H22N4OS/c1-12-15(13(2)21-17(20-12)23-3)7-8-16(22)19-11-9-14-6-4-5-10-18-14/h4-6,10H,7-9,11H2,1-3H3,(H,19,22). The van der Waals surface area contributed by atoms with Gasteiger partial charge in [0.05, 0.1) is 0 Å². The van der Waals surface area contributed by atoms with Crippen LogP contribution in [-0.4, -0.2) is 33.7 Å². The molecule has 0 radical (unpaired) electrons. The Kier molecular flexibility index (Phi) is 6.52. The van der Waals surface area contributed by atoms with Crippen molar-refractivity contribution < 1.29 is 4.79 Å². The molecule has 2 rings (SSSR count). The summed E-state index contributed by atoms with van der Waals surface area (Å²) in [6.45, 7) is 4.56. The van der Waals surface area contributed by atoms with Gasteiger partial charge in [0.25, 0.3) is 0 Å². The number of nitrogens with one attached hydrogen (secondary N) is 1. The molecule has 0 fully saturated rings. The molecule has 0 saturated heterocycles. The topological polar surface area (TPSA) is 67.8 Å². The molecular formula is C17H22N4OS. The Hall–Kier alpha value is -1.95. The van der Waals surface area contributed by atoms with E-state index in [9.17, 15) is 4.79 Å². The molecule has 2 aromatic rings. The molecule has 2 heterocycles. The minimum Gasteiger partial charge on any atom is -0.356 e. The van der Waals surface area contributed by atoms with Gasteiger partial charge in [-0.2, -0.15) is 0 Å². The Labute approximate surface area is 141 Å². The summed E-state index contributed by atoms with van der Waals surface area (Å²) in [4.78, 5) is 25.1. The number of hydrogen-bond acceptors (Lipinski definition) is 5. The van der Waals surface area contributed by atoms with E-state index in [4.69, 9.17) is 0 Å². The summed E-state index contributed by atoms with van der Waals surface area (Å²) in [7, 11) is 0. The maximum absolute atomic E-state index is 12.0. The van der Waals surface area contributed by atoms with Crippen LogP contribution in [0.1, 0.15) is 29.1 Å². The number of pyridine rings is 1. The summed E-state index contributed by atoms with van der Waals surface area (Å²) in [5.41, 5.74) is 3.98. The third-order valence-corrected chi connectivity index (χ3v) is 4.16. The fourth-order valence-corrected chi connectivity index (χ4v) is 2.82. The highest BCUT2D eigenvalue weighted by Crippen LogP contribution is 2.16. The zero-order chi connectivity index (χ0) is 16.7. The van der Waals surface area contributed by atoms with E-state index in [2.05, 4.69) is 20.3 Å². The fraction of sp³-hybridized carbons (Fsp3) is 0.412. The van der Waals surface area contributed by atoms with E-state index in [0.29, 0.717) is 19.4 Å². The van der Waals surface area contributed by atoms with Crippen LogP contribution in [0.15, 0.2) is 29.6 Å². The van der Waals surface area contributed by atoms with Gasteiger partial charge in [0, 0.05) is 42.7 Å². The molecule has 0 aliphatic heterocycles. The number of carbonyl (C=O) groups excluding carboxylic acids is 1. The molecule has 2 aromatic heterocycles. The van der Waals surface area contributed by atoms with Crippen LogP contribution in [0.4, 0.5) is 0 Å². The van der Waals surface area contributed by atoms with E-state index in [-0.39, 0.29) is 5.91 Å². The van der Waals surface area contributed by atoms with E-state index in [1.807, 2.05) is 38.3 Å². The minimum atomic E-state index is 0.0497. The maximum atomic E-state index is 12.0. The number of thioether (sulfide) groups is 1. The third-order valence-electron chi connectivity index (χ3n) is 3.61. The molecule has 122 valence electrons. The maximum Gasteiger partial charge on any atom is 0.220 e. The van der Waals surface area contributed by atoms with Gasteiger partial charge in [0.2, 0.25) is 5.91 Å². The van der Waals surface area contributed by atoms with Gasteiger partial charge < -0.3 is 5.32 Å². The van der Waals surface area contributed by atoms with Gasteiger partial charge in [-0.15, -0.1) is 0 Å². The van der Waals surface area contributed by atoms with Crippen molar-refractivity contribution in [3.8, 4) is 0 Å². The van der Waals surface area contributed by atoms with E-state index in [1.54, 1.807) is 6.20 Å². The van der Waals surface area contributed by atoms with Crippen molar-refractivity contribution in [1.29, 1.82) is 0 Å². The van der Waals surface area contributed by atoms with E-state index < -0.39 is 0 Å². The average Bonchev–Trinajstić information content (AvgIpc) is 2.54. The molecule has 1 amide bonds. The predicted molar refractivity (Wildman–Crippen MR) is 92.6 cm³/mol. The van der Waals surface area contributed by atoms with Gasteiger partial charge in [0.15, 0.2) is 5.16 Å². The summed E-state index contributed by atoms with van der Waals surface area (Å²) in [5.74, 6) is 0.0497. The minimum absolute atomic E-state index is 0.0497. The first-order chi connectivity index (χ1) is 11.1. The van der Waals surface area contributed by atoms with Crippen molar-refractivity contribution in [3.05, 3.63) is 47.0 Å². The first-order valence-electron chi connectivity index (χ1n) is 7.65. The lowest BCUT2D eigenvalue weighted by molar-refractivity contribution is -0.121. The SMILES string of the molecule is CSc1nc(C)c(CCC(=O)NCCc2ccccn2)c(C)n1. The number of carbonyl (C=O) groups is 1. The first-order valence-corrected chi connectivity index (χ1v) is 8.87. The second-order valence-electron chi connectivity index (χ2n) is 5.28. The predicted octanol–water partition coefficient (Wildman–Crippen LogP) is 2.50. The Morgan fingerprint density at radius 3 is 2.52 bits per heavy atom. The second kappa shape index (κ2) is 8.62. The first kappa shape index (κ1) is 17.4. The lowest BCUT2D eigenvalue weighted by Crippen LogP contribution is -2.26. The summed E-state index contributed by atoms with van der Waals surface area (Å²) >= 11 is 1.53. The van der Waals surface area contributed by atoms with Crippen molar-refractivity contribution in [1.82, 2.24) is 20.3 Å². The van der Waals surface area contributed by atoms with Crippen molar-refractivity contribution in [2.75, 3.05) is 12.8 Å². The van der Waals surface area contributed by atoms with Gasteiger partial charge in [-0.25, -0.2) is 9.97 Å². The number of aromatic nitrogens is 3. The Bertz CT molecular complexity index is 638. The van der Waals surface area contributed by atoms with Crippen molar-refractivity contribution >= 4 is 17.7 Å². The largest absolute Gasteiger partial charge is 0.356 e. The fourth-order valence-electron chi connectivity index (χ4n) is 2.36. The zero-order valence-corrected chi connectivity index (χ0v) is 14.6. The van der Waals surface area contributed by atoms with Gasteiger partial charge in [0.1, 0.15) is 0 Å². The summed E-state index contributed by atoms with van der Waals surface area (Å²) < 4.78 is 0. The van der Waals surface area contributed by atoms with Crippen LogP contribution in [0.25, 0.3) is 0 Å². The highest BCUT2D eigenvalue weighted by molar-refractivity contribution is 7.98. The molecule has 23 heavy (non-hydrogen) atoms. The quantitative estimate of drug-likeness (QED) is 0.624. The molecule has 1 N–H and O–H groups in total. The Morgan fingerprint density at radius 1 is 1.17 bits per heavy atom. The molecule has 0 saturated carbocycles. The lowest BCUT2D eigenvalue weighted by atomic mass is 10.1. The molecule has 0 aromatic carbocycles. The number of nitrogens with zero attached hydrogens (tertiary/aromatic N) is 3. The molecule has 0 spiro atoms. The monoisotopic (exact) mass is 330 g/mol. The molecular weight excluding hydrogens is 308 g/mol. The number of rotatable bonds is 7. The highest BCUT2D eigenvalue weighted by atomic mass is 32.2. The molecule has 0 aliphatic rings. The van der Waals surface area contributed by atoms with Crippen molar-refractivity contribution in [2.24, 2.45) is 0 Å². The van der Waals surface area contributed by atoms with Crippen molar-refractivity contribution in [3.63, 3.8) is 0 Å². The number of hydrogen-bond donors (Lipinski definition) is 1. The molecule has 6 heteroatoms. The van der Waals surface area contributed by atoms with Crippen LogP contribution in [0.2, 0.25) is 0 Å². The summed E-state index contributed by atoms with van der Waals surface area (Å²) in [6, 6.07) is 5.80. The van der Waals surface area contributed by atoms with Crippen LogP contribution in [0, 0.1) is 13.8 Å². The number of aryl methyl sites for hydroxylation is 2. The zero-order valence-electron chi connectivity index (χ0n) is 13.8. The lowest BCUT2D eigenvalue weighted by Gasteiger charge is -2.10. The van der Waals surface area contributed by atoms with Gasteiger partial charge in [-0.3, -0.25) is 9.78 Å². The average molecular weight is 330 g/mol. The van der Waals surface area contributed by atoms with Crippen LogP contribution in [0.5, 0.6) is 0 Å². The Morgan fingerprint density at radius 2 is 1.91 bits per heavy atom. The van der Waals surface area contributed by atoms with Crippen LogP contribution >= 0.6 is 11.8 Å². The van der Waals surface area contributed by atoms with Crippen LogP contribution in [-0.2, 0) is 17.6 Å². The smallest absolute Gasteiger partial charge is 0.220 e. The molecule has 0 atom stereocenters. The normalized spacial score (nSPS) is 10.6. The van der Waals surface area contributed by atoms with E-state index in [0.717, 1.165) is 34.2 Å². The summed E-state index contributed by atoms with van der Waals surface area (Å²) in [5, 5.41) is 3.72. The summed E-state index contributed by atoms with van der Waals surface area (Å²) in [6.07, 6.45) is 5.59. The molecule has 0 bridgehead atoms. The molecule has 0 aliphatic carbocycles. The van der Waals surface area contributed by atoms with Crippen molar-refractivity contribution in [2.45, 2.75) is 38.3 Å². The third kappa shape index (κ3) is 5.32. The second-order valence-corrected chi connectivity index (χ2v) is 6.05. The Balaban J connectivity index is 1.80.